The predicted octanol–water partition coefficient (Wildman–Crippen LogP) is -0.0302. The monoisotopic (exact) mass is 182 g/mol. The van der Waals surface area contributed by atoms with E-state index in [2.05, 4.69) is 15.1 Å². The Balaban J connectivity index is 2.81. The average Bonchev–Trinajstić information content (AvgIpc) is 2.18. The van der Waals surface area contributed by atoms with Crippen molar-refractivity contribution in [3.05, 3.63) is 18.1 Å². The van der Waals surface area contributed by atoms with E-state index in [0.717, 1.165) is 0 Å². The Morgan fingerprint density at radius 1 is 1.62 bits per heavy atom. The van der Waals surface area contributed by atoms with E-state index in [4.69, 9.17) is 15.7 Å². The minimum absolute atomic E-state index is 0.0736. The number of nitrogens with zero attached hydrogens (tertiary/aromatic N) is 3. The third-order valence-corrected chi connectivity index (χ3v) is 1.29. The maximum absolute atomic E-state index is 8.32. The first-order chi connectivity index (χ1) is 6.27. The summed E-state index contributed by atoms with van der Waals surface area (Å²) in [5.74, 6) is 0.340. The van der Waals surface area contributed by atoms with Gasteiger partial charge in [0, 0.05) is 0 Å². The molecule has 0 aliphatic rings. The van der Waals surface area contributed by atoms with E-state index < -0.39 is 0 Å². The number of oxime groups is 1. The number of amidine groups is 1. The Morgan fingerprint density at radius 2 is 2.38 bits per heavy atom. The van der Waals surface area contributed by atoms with Gasteiger partial charge >= 0.3 is 0 Å². The molecule has 0 aliphatic carbocycles. The number of aromatic nitrogens is 2. The lowest BCUT2D eigenvalue weighted by Crippen LogP contribution is -2.15. The van der Waals surface area contributed by atoms with Crippen molar-refractivity contribution < 1.29 is 9.94 Å². The fourth-order valence-corrected chi connectivity index (χ4v) is 0.722. The summed E-state index contributed by atoms with van der Waals surface area (Å²) in [5.41, 5.74) is 5.59. The molecule has 70 valence electrons. The number of rotatable bonds is 3. The van der Waals surface area contributed by atoms with Crippen molar-refractivity contribution in [2.45, 2.75) is 6.92 Å². The second-order valence-corrected chi connectivity index (χ2v) is 2.16. The van der Waals surface area contributed by atoms with Gasteiger partial charge in [-0.15, -0.1) is 0 Å². The molecule has 13 heavy (non-hydrogen) atoms. The summed E-state index contributed by atoms with van der Waals surface area (Å²) in [6.07, 6.45) is 2.79. The fourth-order valence-electron chi connectivity index (χ4n) is 0.722. The standard InChI is InChI=1S/C7H10N4O2/c1-2-13-6-4-9-5(3-10-6)7(8)11-12/h3-4,12H,2H2,1H3,(H2,8,11). The van der Waals surface area contributed by atoms with Gasteiger partial charge in [0.1, 0.15) is 5.69 Å². The molecule has 0 amide bonds. The Morgan fingerprint density at radius 3 is 2.85 bits per heavy atom. The predicted molar refractivity (Wildman–Crippen MR) is 45.7 cm³/mol. The molecule has 0 atom stereocenters. The van der Waals surface area contributed by atoms with Crippen LogP contribution in [0.4, 0.5) is 0 Å². The lowest BCUT2D eigenvalue weighted by atomic mass is 10.4. The smallest absolute Gasteiger partial charge is 0.232 e. The van der Waals surface area contributed by atoms with E-state index in [9.17, 15) is 0 Å². The molecular weight excluding hydrogens is 172 g/mol. The average molecular weight is 182 g/mol. The van der Waals surface area contributed by atoms with Gasteiger partial charge in [-0.05, 0) is 6.92 Å². The van der Waals surface area contributed by atoms with Crippen molar-refractivity contribution >= 4 is 5.84 Å². The summed E-state index contributed by atoms with van der Waals surface area (Å²) in [4.78, 5) is 7.75. The minimum Gasteiger partial charge on any atom is -0.477 e. The Bertz CT molecular complexity index is 296. The second-order valence-electron chi connectivity index (χ2n) is 2.16. The van der Waals surface area contributed by atoms with Crippen molar-refractivity contribution in [1.82, 2.24) is 9.97 Å². The highest BCUT2D eigenvalue weighted by Gasteiger charge is 2.01. The van der Waals surface area contributed by atoms with Crippen LogP contribution in [0, 0.1) is 0 Å². The highest BCUT2D eigenvalue weighted by atomic mass is 16.5. The Kier molecular flexibility index (Phi) is 3.02. The molecule has 0 spiro atoms. The van der Waals surface area contributed by atoms with E-state index in [0.29, 0.717) is 18.2 Å². The largest absolute Gasteiger partial charge is 0.477 e. The topological polar surface area (TPSA) is 93.6 Å². The molecule has 0 saturated carbocycles. The van der Waals surface area contributed by atoms with E-state index in [1.54, 1.807) is 0 Å². The quantitative estimate of drug-likeness (QED) is 0.296. The second kappa shape index (κ2) is 4.24. The zero-order valence-corrected chi connectivity index (χ0v) is 7.14. The molecule has 6 heteroatoms. The van der Waals surface area contributed by atoms with Gasteiger partial charge in [-0.3, -0.25) is 0 Å². The van der Waals surface area contributed by atoms with Crippen LogP contribution in [0.25, 0.3) is 0 Å². The molecule has 6 nitrogen and oxygen atoms in total. The maximum Gasteiger partial charge on any atom is 0.232 e. The zero-order chi connectivity index (χ0) is 9.68. The van der Waals surface area contributed by atoms with Gasteiger partial charge in [0.2, 0.25) is 5.88 Å². The van der Waals surface area contributed by atoms with Crippen LogP contribution in [-0.4, -0.2) is 27.6 Å². The molecule has 0 aromatic carbocycles. The number of hydrogen-bond donors (Lipinski definition) is 2. The van der Waals surface area contributed by atoms with Gasteiger partial charge in [0.05, 0.1) is 19.0 Å². The van der Waals surface area contributed by atoms with Crippen LogP contribution >= 0.6 is 0 Å². The first-order valence-electron chi connectivity index (χ1n) is 3.70. The highest BCUT2D eigenvalue weighted by Crippen LogP contribution is 2.02. The van der Waals surface area contributed by atoms with Crippen LogP contribution in [0.1, 0.15) is 12.6 Å². The lowest BCUT2D eigenvalue weighted by molar-refractivity contribution is 0.318. The Hall–Kier alpha value is -1.85. The SMILES string of the molecule is CCOc1cnc(/C(N)=N/O)cn1. The van der Waals surface area contributed by atoms with E-state index in [-0.39, 0.29) is 5.84 Å². The van der Waals surface area contributed by atoms with Gasteiger partial charge in [-0.1, -0.05) is 5.16 Å². The van der Waals surface area contributed by atoms with Crippen molar-refractivity contribution in [3.8, 4) is 5.88 Å². The van der Waals surface area contributed by atoms with E-state index in [1.165, 1.54) is 12.4 Å². The van der Waals surface area contributed by atoms with Crippen LogP contribution in [0.3, 0.4) is 0 Å². The minimum atomic E-state index is -0.0736. The van der Waals surface area contributed by atoms with Crippen LogP contribution in [0.2, 0.25) is 0 Å². The highest BCUT2D eigenvalue weighted by molar-refractivity contribution is 5.94. The third-order valence-electron chi connectivity index (χ3n) is 1.29. The number of nitrogens with two attached hydrogens (primary N) is 1. The third kappa shape index (κ3) is 2.29. The molecule has 1 aromatic heterocycles. The molecule has 1 heterocycles. The summed E-state index contributed by atoms with van der Waals surface area (Å²) in [5, 5.41) is 11.1. The Labute approximate surface area is 75.1 Å². The van der Waals surface area contributed by atoms with E-state index >= 15 is 0 Å². The molecule has 0 saturated heterocycles. The van der Waals surface area contributed by atoms with Crippen molar-refractivity contribution in [3.63, 3.8) is 0 Å². The molecule has 1 rings (SSSR count). The first-order valence-corrected chi connectivity index (χ1v) is 3.70. The van der Waals surface area contributed by atoms with Crippen LogP contribution in [0.15, 0.2) is 17.5 Å². The molecule has 0 radical (unpaired) electrons. The summed E-state index contributed by atoms with van der Waals surface area (Å²) in [6, 6.07) is 0. The molecule has 0 aliphatic heterocycles. The van der Waals surface area contributed by atoms with Gasteiger partial charge < -0.3 is 15.7 Å². The molecule has 0 bridgehead atoms. The zero-order valence-electron chi connectivity index (χ0n) is 7.14. The van der Waals surface area contributed by atoms with E-state index in [1.807, 2.05) is 6.92 Å². The molecule has 1 aromatic rings. The van der Waals surface area contributed by atoms with Gasteiger partial charge in [-0.25, -0.2) is 9.97 Å². The van der Waals surface area contributed by atoms with Gasteiger partial charge in [0.15, 0.2) is 5.84 Å². The molecule has 3 N–H and O–H groups in total. The molecule has 0 fully saturated rings. The van der Waals surface area contributed by atoms with Gasteiger partial charge in [-0.2, -0.15) is 0 Å². The summed E-state index contributed by atoms with van der Waals surface area (Å²) >= 11 is 0. The summed E-state index contributed by atoms with van der Waals surface area (Å²) in [6.45, 7) is 2.37. The van der Waals surface area contributed by atoms with Gasteiger partial charge in [0.25, 0.3) is 0 Å². The normalized spacial score (nSPS) is 11.3. The summed E-state index contributed by atoms with van der Waals surface area (Å²) < 4.78 is 5.06. The molecular formula is C7H10N4O2. The maximum atomic E-state index is 8.32. The molecule has 0 unspecified atom stereocenters. The fraction of sp³-hybridized carbons (Fsp3) is 0.286. The summed E-state index contributed by atoms with van der Waals surface area (Å²) in [7, 11) is 0. The van der Waals surface area contributed by atoms with Crippen LogP contribution in [0.5, 0.6) is 5.88 Å². The first kappa shape index (κ1) is 9.24. The lowest BCUT2D eigenvalue weighted by Gasteiger charge is -2.01. The van der Waals surface area contributed by atoms with Crippen LogP contribution < -0.4 is 10.5 Å². The van der Waals surface area contributed by atoms with Crippen molar-refractivity contribution in [2.75, 3.05) is 6.61 Å². The van der Waals surface area contributed by atoms with Crippen molar-refractivity contribution in [2.24, 2.45) is 10.9 Å². The number of ether oxygens (including phenoxy) is 1. The van der Waals surface area contributed by atoms with Crippen molar-refractivity contribution in [1.29, 1.82) is 0 Å². The number of hydrogen-bond acceptors (Lipinski definition) is 5. The van der Waals surface area contributed by atoms with Crippen LogP contribution in [-0.2, 0) is 0 Å².